The molecule has 1 N–H and O–H groups in total. The minimum Gasteiger partial charge on any atom is -0.371 e. The molecular weight excluding hydrogens is 274 g/mol. The zero-order valence-corrected chi connectivity index (χ0v) is 13.5. The molecule has 0 aliphatic heterocycles. The number of benzene rings is 1. The van der Waals surface area contributed by atoms with Crippen LogP contribution in [-0.4, -0.2) is 24.0 Å². The third-order valence-electron chi connectivity index (χ3n) is 3.76. The van der Waals surface area contributed by atoms with Gasteiger partial charge in [-0.05, 0) is 44.0 Å². The highest BCUT2D eigenvalue weighted by molar-refractivity contribution is 6.03. The van der Waals surface area contributed by atoms with Gasteiger partial charge in [0, 0.05) is 18.8 Å². The van der Waals surface area contributed by atoms with Gasteiger partial charge in [0.15, 0.2) is 0 Å². The van der Waals surface area contributed by atoms with E-state index in [2.05, 4.69) is 36.0 Å². The lowest BCUT2D eigenvalue weighted by Gasteiger charge is -2.20. The van der Waals surface area contributed by atoms with Crippen LogP contribution < -0.4 is 10.2 Å². The van der Waals surface area contributed by atoms with Gasteiger partial charge in [0.1, 0.15) is 5.69 Å². The maximum absolute atomic E-state index is 12.3. The number of para-hydroxylation sites is 1. The largest absolute Gasteiger partial charge is 0.371 e. The molecule has 0 saturated carbocycles. The number of carbonyl (C=O) groups is 1. The van der Waals surface area contributed by atoms with E-state index in [-0.39, 0.29) is 5.91 Å². The molecule has 0 atom stereocenters. The van der Waals surface area contributed by atoms with Crippen LogP contribution in [0.15, 0.2) is 42.6 Å². The Kier molecular flexibility index (Phi) is 5.53. The van der Waals surface area contributed by atoms with Crippen molar-refractivity contribution in [3.63, 3.8) is 0 Å². The predicted octanol–water partition coefficient (Wildman–Crippen LogP) is 3.74. The molecule has 0 fully saturated rings. The molecule has 0 radical (unpaired) electrons. The molecule has 22 heavy (non-hydrogen) atoms. The molecule has 2 aromatic rings. The van der Waals surface area contributed by atoms with Gasteiger partial charge in [-0.25, -0.2) is 4.98 Å². The summed E-state index contributed by atoms with van der Waals surface area (Å²) in [7, 11) is 0. The van der Waals surface area contributed by atoms with Crippen molar-refractivity contribution in [1.82, 2.24) is 4.98 Å². The molecule has 0 bridgehead atoms. The van der Waals surface area contributed by atoms with E-state index in [9.17, 15) is 4.79 Å². The summed E-state index contributed by atoms with van der Waals surface area (Å²) >= 11 is 0. The number of amides is 1. The highest BCUT2D eigenvalue weighted by atomic mass is 16.1. The molecule has 1 amide bonds. The molecule has 0 aliphatic carbocycles. The van der Waals surface area contributed by atoms with Crippen molar-refractivity contribution in [2.75, 3.05) is 23.3 Å². The molecular formula is C18H23N3O. The van der Waals surface area contributed by atoms with Gasteiger partial charge < -0.3 is 10.2 Å². The second-order valence-electron chi connectivity index (χ2n) is 5.04. The number of anilines is 2. The Labute approximate surface area is 132 Å². The lowest BCUT2D eigenvalue weighted by molar-refractivity contribution is 0.102. The van der Waals surface area contributed by atoms with E-state index in [1.807, 2.05) is 30.3 Å². The maximum Gasteiger partial charge on any atom is 0.274 e. The molecule has 4 nitrogen and oxygen atoms in total. The molecule has 116 valence electrons. The van der Waals surface area contributed by atoms with Gasteiger partial charge >= 0.3 is 0 Å². The van der Waals surface area contributed by atoms with Crippen LogP contribution in [0.2, 0.25) is 0 Å². The van der Waals surface area contributed by atoms with Gasteiger partial charge in [0.05, 0.1) is 11.9 Å². The first-order valence-electron chi connectivity index (χ1n) is 7.79. The highest BCUT2D eigenvalue weighted by Crippen LogP contribution is 2.17. The molecule has 0 spiro atoms. The summed E-state index contributed by atoms with van der Waals surface area (Å²) in [6, 6.07) is 11.6. The summed E-state index contributed by atoms with van der Waals surface area (Å²) in [5.74, 6) is -0.174. The van der Waals surface area contributed by atoms with E-state index in [1.165, 1.54) is 0 Å². The number of nitrogens with zero attached hydrogens (tertiary/aromatic N) is 2. The van der Waals surface area contributed by atoms with Crippen LogP contribution >= 0.6 is 0 Å². The number of aromatic nitrogens is 1. The Hall–Kier alpha value is -2.36. The first-order chi connectivity index (χ1) is 10.7. The van der Waals surface area contributed by atoms with Crippen molar-refractivity contribution >= 4 is 17.3 Å². The molecule has 4 heteroatoms. The van der Waals surface area contributed by atoms with Crippen LogP contribution in [0.4, 0.5) is 11.4 Å². The number of hydrogen-bond acceptors (Lipinski definition) is 3. The molecule has 0 aliphatic rings. The molecule has 1 heterocycles. The van der Waals surface area contributed by atoms with Crippen molar-refractivity contribution in [3.8, 4) is 0 Å². The average Bonchev–Trinajstić information content (AvgIpc) is 2.57. The minimum atomic E-state index is -0.174. The first-order valence-corrected chi connectivity index (χ1v) is 7.79. The Morgan fingerprint density at radius 3 is 2.41 bits per heavy atom. The Morgan fingerprint density at radius 2 is 1.82 bits per heavy atom. The van der Waals surface area contributed by atoms with Crippen molar-refractivity contribution in [1.29, 1.82) is 0 Å². The van der Waals surface area contributed by atoms with Gasteiger partial charge in [0.2, 0.25) is 0 Å². The lowest BCUT2D eigenvalue weighted by Crippen LogP contribution is -2.22. The molecule has 0 unspecified atom stereocenters. The zero-order valence-electron chi connectivity index (χ0n) is 13.5. The van der Waals surface area contributed by atoms with E-state index in [1.54, 1.807) is 12.3 Å². The van der Waals surface area contributed by atoms with Crippen LogP contribution in [0, 0.1) is 0 Å². The van der Waals surface area contributed by atoms with Gasteiger partial charge in [-0.15, -0.1) is 0 Å². The van der Waals surface area contributed by atoms with Crippen LogP contribution in [-0.2, 0) is 6.42 Å². The summed E-state index contributed by atoms with van der Waals surface area (Å²) in [5, 5.41) is 2.94. The van der Waals surface area contributed by atoms with Gasteiger partial charge in [-0.1, -0.05) is 25.1 Å². The number of rotatable bonds is 6. The quantitative estimate of drug-likeness (QED) is 0.883. The summed E-state index contributed by atoms with van der Waals surface area (Å²) < 4.78 is 0. The van der Waals surface area contributed by atoms with E-state index < -0.39 is 0 Å². The van der Waals surface area contributed by atoms with Crippen LogP contribution in [0.3, 0.4) is 0 Å². The number of pyridine rings is 1. The number of nitrogens with one attached hydrogen (secondary N) is 1. The van der Waals surface area contributed by atoms with Crippen molar-refractivity contribution in [2.24, 2.45) is 0 Å². The standard InChI is InChI=1S/C18H23N3O/c1-4-14-9-7-8-10-16(14)20-18(22)17-12-11-15(13-19-17)21(5-2)6-3/h7-13H,4-6H2,1-3H3,(H,20,22). The second-order valence-corrected chi connectivity index (χ2v) is 5.04. The van der Waals surface area contributed by atoms with Crippen molar-refractivity contribution in [2.45, 2.75) is 27.2 Å². The van der Waals surface area contributed by atoms with Crippen LogP contribution in [0.5, 0.6) is 0 Å². The first kappa shape index (κ1) is 16.0. The Morgan fingerprint density at radius 1 is 1.09 bits per heavy atom. The fourth-order valence-corrected chi connectivity index (χ4v) is 2.43. The predicted molar refractivity (Wildman–Crippen MR) is 91.6 cm³/mol. The smallest absolute Gasteiger partial charge is 0.274 e. The van der Waals surface area contributed by atoms with E-state index in [0.717, 1.165) is 36.4 Å². The number of carbonyl (C=O) groups excluding carboxylic acids is 1. The van der Waals surface area contributed by atoms with E-state index >= 15 is 0 Å². The van der Waals surface area contributed by atoms with E-state index in [4.69, 9.17) is 0 Å². The SMILES string of the molecule is CCc1ccccc1NC(=O)c1ccc(N(CC)CC)cn1. The Balaban J connectivity index is 2.13. The summed E-state index contributed by atoms with van der Waals surface area (Å²) in [6.07, 6.45) is 2.64. The maximum atomic E-state index is 12.3. The minimum absolute atomic E-state index is 0.174. The van der Waals surface area contributed by atoms with Gasteiger partial charge in [-0.2, -0.15) is 0 Å². The summed E-state index contributed by atoms with van der Waals surface area (Å²) in [5.41, 5.74) is 3.44. The van der Waals surface area contributed by atoms with Gasteiger partial charge in [-0.3, -0.25) is 4.79 Å². The Bertz CT molecular complexity index is 618. The molecule has 1 aromatic heterocycles. The number of hydrogen-bond donors (Lipinski definition) is 1. The third-order valence-corrected chi connectivity index (χ3v) is 3.76. The molecule has 0 saturated heterocycles. The third kappa shape index (κ3) is 3.64. The fourth-order valence-electron chi connectivity index (χ4n) is 2.43. The lowest BCUT2D eigenvalue weighted by atomic mass is 10.1. The van der Waals surface area contributed by atoms with Gasteiger partial charge in [0.25, 0.3) is 5.91 Å². The molecule has 2 rings (SSSR count). The topological polar surface area (TPSA) is 45.2 Å². The van der Waals surface area contributed by atoms with Crippen molar-refractivity contribution in [3.05, 3.63) is 53.9 Å². The highest BCUT2D eigenvalue weighted by Gasteiger charge is 2.10. The zero-order chi connectivity index (χ0) is 15.9. The number of aryl methyl sites for hydroxylation is 1. The van der Waals surface area contributed by atoms with Crippen LogP contribution in [0.25, 0.3) is 0 Å². The average molecular weight is 297 g/mol. The second kappa shape index (κ2) is 7.59. The van der Waals surface area contributed by atoms with Crippen molar-refractivity contribution < 1.29 is 4.79 Å². The fraction of sp³-hybridized carbons (Fsp3) is 0.333. The van der Waals surface area contributed by atoms with E-state index in [0.29, 0.717) is 5.69 Å². The summed E-state index contributed by atoms with van der Waals surface area (Å²) in [6.45, 7) is 8.13. The van der Waals surface area contributed by atoms with Crippen LogP contribution in [0.1, 0.15) is 36.8 Å². The molecule has 1 aromatic carbocycles. The summed E-state index contributed by atoms with van der Waals surface area (Å²) in [4.78, 5) is 18.8. The monoisotopic (exact) mass is 297 g/mol. The normalized spacial score (nSPS) is 10.3.